The molecule has 0 radical (unpaired) electrons. The summed E-state index contributed by atoms with van der Waals surface area (Å²) in [7, 11) is 10.6. The molecular formula is C58H78N4O8. The molecule has 0 saturated carbocycles. The van der Waals surface area contributed by atoms with E-state index in [4.69, 9.17) is 28.4 Å². The van der Waals surface area contributed by atoms with Crippen molar-refractivity contribution in [3.05, 3.63) is 118 Å². The zero-order valence-electron chi connectivity index (χ0n) is 44.0. The Morgan fingerprint density at radius 1 is 0.629 bits per heavy atom. The fourth-order valence-corrected chi connectivity index (χ4v) is 9.38. The molecule has 12 nitrogen and oxygen atoms in total. The first-order valence-corrected chi connectivity index (χ1v) is 24.8. The van der Waals surface area contributed by atoms with Crippen LogP contribution in [0.1, 0.15) is 122 Å². The Morgan fingerprint density at radius 2 is 1.17 bits per heavy atom. The molecule has 0 aromatic heterocycles. The number of carbonyl (C=O) groups is 2. The molecule has 4 rings (SSSR count). The van der Waals surface area contributed by atoms with Crippen molar-refractivity contribution < 1.29 is 38.0 Å². The van der Waals surface area contributed by atoms with Crippen LogP contribution in [0.5, 0.6) is 23.0 Å². The lowest BCUT2D eigenvalue weighted by Gasteiger charge is -2.36. The van der Waals surface area contributed by atoms with E-state index in [9.17, 15) is 20.1 Å². The molecule has 3 unspecified atom stereocenters. The van der Waals surface area contributed by atoms with E-state index >= 15 is 0 Å². The van der Waals surface area contributed by atoms with E-state index in [2.05, 4.69) is 62.9 Å². The van der Waals surface area contributed by atoms with Crippen LogP contribution in [0.4, 0.5) is 0 Å². The normalized spacial score (nSPS) is 13.5. The topological polar surface area (TPSA) is 144 Å². The molecule has 0 aliphatic heterocycles. The van der Waals surface area contributed by atoms with Gasteiger partial charge in [0.15, 0.2) is 23.0 Å². The summed E-state index contributed by atoms with van der Waals surface area (Å²) in [5.41, 5.74) is 3.97. The van der Waals surface area contributed by atoms with Gasteiger partial charge in [0, 0.05) is 13.1 Å². The van der Waals surface area contributed by atoms with Crippen molar-refractivity contribution in [2.24, 2.45) is 11.8 Å². The molecule has 70 heavy (non-hydrogen) atoms. The van der Waals surface area contributed by atoms with Crippen LogP contribution in [0.15, 0.2) is 78.9 Å². The largest absolute Gasteiger partial charge is 0.493 e. The van der Waals surface area contributed by atoms with Crippen LogP contribution >= 0.6 is 0 Å². The number of rotatable bonds is 29. The molecule has 4 aromatic rings. The molecular weight excluding hydrogens is 881 g/mol. The molecule has 3 atom stereocenters. The lowest BCUT2D eigenvalue weighted by molar-refractivity contribution is 0.0377. The van der Waals surface area contributed by atoms with E-state index < -0.39 is 10.8 Å². The van der Waals surface area contributed by atoms with Gasteiger partial charge < -0.3 is 38.2 Å². The molecule has 0 N–H and O–H groups in total. The van der Waals surface area contributed by atoms with Crippen molar-refractivity contribution in [2.75, 3.05) is 75.3 Å². The summed E-state index contributed by atoms with van der Waals surface area (Å²) in [5.74, 6) is 1.35. The number of methoxy groups -OCH3 is 4. The summed E-state index contributed by atoms with van der Waals surface area (Å²) >= 11 is 0. The summed E-state index contributed by atoms with van der Waals surface area (Å²) in [5, 5.41) is 22.6. The van der Waals surface area contributed by atoms with Gasteiger partial charge in [0.2, 0.25) is 0 Å². The first-order chi connectivity index (χ1) is 33.5. The number of carbonyl (C=O) groups excluding carboxylic acids is 2. The van der Waals surface area contributed by atoms with Crippen LogP contribution in [-0.4, -0.2) is 103 Å². The zero-order chi connectivity index (χ0) is 51.4. The number of nitrogens with zero attached hydrogens (tertiary/aromatic N) is 4. The van der Waals surface area contributed by atoms with E-state index in [1.807, 2.05) is 81.4 Å². The third-order valence-corrected chi connectivity index (χ3v) is 13.6. The monoisotopic (exact) mass is 959 g/mol. The van der Waals surface area contributed by atoms with Crippen LogP contribution in [-0.2, 0) is 39.6 Å². The van der Waals surface area contributed by atoms with Gasteiger partial charge in [-0.25, -0.2) is 9.59 Å². The number of nitriles is 2. The van der Waals surface area contributed by atoms with E-state index in [-0.39, 0.29) is 29.9 Å². The predicted octanol–water partition coefficient (Wildman–Crippen LogP) is 10.8. The lowest BCUT2D eigenvalue weighted by Crippen LogP contribution is -2.35. The first kappa shape index (κ1) is 56.5. The number of likely N-dealkylation sites (N-methyl/N-ethyl adjacent to an activating group) is 2. The Labute approximate surface area is 418 Å². The minimum Gasteiger partial charge on any atom is -0.493 e. The van der Waals surface area contributed by atoms with Gasteiger partial charge in [-0.15, -0.1) is 0 Å². The summed E-state index contributed by atoms with van der Waals surface area (Å²) in [6, 6.07) is 30.6. The summed E-state index contributed by atoms with van der Waals surface area (Å²) in [6.07, 6.45) is 5.24. The number of hydrogen-bond acceptors (Lipinski definition) is 12. The molecule has 0 heterocycles. The fraction of sp³-hybridized carbons (Fsp3) is 0.517. The molecule has 0 aliphatic carbocycles. The highest BCUT2D eigenvalue weighted by Crippen LogP contribution is 2.46. The van der Waals surface area contributed by atoms with Gasteiger partial charge in [-0.1, -0.05) is 64.1 Å². The van der Waals surface area contributed by atoms with Gasteiger partial charge in [0.05, 0.1) is 75.2 Å². The van der Waals surface area contributed by atoms with Gasteiger partial charge in [-0.3, -0.25) is 0 Å². The summed E-state index contributed by atoms with van der Waals surface area (Å²) in [4.78, 5) is 29.6. The summed E-state index contributed by atoms with van der Waals surface area (Å²) < 4.78 is 34.3. The summed E-state index contributed by atoms with van der Waals surface area (Å²) in [6.45, 7) is 15.4. The third-order valence-electron chi connectivity index (χ3n) is 13.6. The highest BCUT2D eigenvalue weighted by atomic mass is 16.5. The number of hydrogen-bond donors (Lipinski definition) is 0. The van der Waals surface area contributed by atoms with Crippen molar-refractivity contribution in [3.63, 3.8) is 0 Å². The van der Waals surface area contributed by atoms with Gasteiger partial charge in [-0.05, 0) is 175 Å². The first-order valence-electron chi connectivity index (χ1n) is 24.8. The third kappa shape index (κ3) is 14.7. The Kier molecular flexibility index (Phi) is 22.1. The molecule has 12 heteroatoms. The zero-order valence-corrected chi connectivity index (χ0v) is 44.0. The Bertz CT molecular complexity index is 2410. The van der Waals surface area contributed by atoms with E-state index in [1.54, 1.807) is 40.6 Å². The molecule has 0 spiro atoms. The van der Waals surface area contributed by atoms with Gasteiger partial charge >= 0.3 is 11.9 Å². The van der Waals surface area contributed by atoms with Crippen LogP contribution in [0, 0.1) is 34.5 Å². The maximum atomic E-state index is 12.5. The second-order valence-electron chi connectivity index (χ2n) is 19.2. The molecule has 0 aliphatic rings. The highest BCUT2D eigenvalue weighted by molar-refractivity contribution is 5.90. The van der Waals surface area contributed by atoms with E-state index in [1.165, 1.54) is 0 Å². The van der Waals surface area contributed by atoms with Gasteiger partial charge in [0.1, 0.15) is 0 Å². The molecule has 0 amide bonds. The van der Waals surface area contributed by atoms with Crippen LogP contribution in [0.2, 0.25) is 0 Å². The SMILES string of the molecule is CCCOC(=O)c1cccc(CCN(C)CCCC(C#N)(c2ccc(OC)c(OC)c2)C(C)Cc2cc(C(C#N)(CCCN(C)CCc3cccc(C(=O)OC(C)C)c3)C(C)C)cc(OC)c2OC)c1. The highest BCUT2D eigenvalue weighted by Gasteiger charge is 2.41. The van der Waals surface area contributed by atoms with E-state index in [0.717, 1.165) is 86.1 Å². The smallest absolute Gasteiger partial charge is 0.338 e. The quantitative estimate of drug-likeness (QED) is 0.0478. The maximum Gasteiger partial charge on any atom is 0.338 e. The Morgan fingerprint density at radius 3 is 1.67 bits per heavy atom. The van der Waals surface area contributed by atoms with Crippen molar-refractivity contribution in [1.82, 2.24) is 9.80 Å². The molecule has 0 saturated heterocycles. The lowest BCUT2D eigenvalue weighted by atomic mass is 9.66. The molecule has 4 aromatic carbocycles. The second-order valence-corrected chi connectivity index (χ2v) is 19.2. The van der Waals surface area contributed by atoms with Crippen LogP contribution in [0.3, 0.4) is 0 Å². The Hall–Kier alpha value is -6.08. The molecule has 0 fully saturated rings. The molecule has 378 valence electrons. The number of benzene rings is 4. The van der Waals surface area contributed by atoms with E-state index in [0.29, 0.717) is 60.0 Å². The minimum atomic E-state index is -0.963. The standard InChI is InChI=1S/C58H78N4O8/c1-13-32-69-55(63)46-20-14-18-44(34-46)24-30-62(8)29-17-27-58(40-60,49-22-23-51(65-9)52(37-49)66-10)43(6)33-48-36-50(38-53(67-11)54(48)68-12)57(39-59,41(2)3)26-16-28-61(7)31-25-45-19-15-21-47(35-45)56(64)70-42(4)5/h14-15,18-23,34-38,41-43H,13,16-17,24-33H2,1-12H3. The average Bonchev–Trinajstić information content (AvgIpc) is 3.36. The van der Waals surface area contributed by atoms with Crippen LogP contribution < -0.4 is 18.9 Å². The number of esters is 2. The van der Waals surface area contributed by atoms with Crippen molar-refractivity contribution in [2.45, 2.75) is 110 Å². The van der Waals surface area contributed by atoms with Crippen molar-refractivity contribution >= 4 is 11.9 Å². The van der Waals surface area contributed by atoms with Crippen molar-refractivity contribution in [3.8, 4) is 35.1 Å². The fourth-order valence-electron chi connectivity index (χ4n) is 9.38. The molecule has 0 bridgehead atoms. The van der Waals surface area contributed by atoms with Crippen LogP contribution in [0.25, 0.3) is 0 Å². The minimum absolute atomic E-state index is 0.0345. The average molecular weight is 959 g/mol. The predicted molar refractivity (Wildman–Crippen MR) is 276 cm³/mol. The maximum absolute atomic E-state index is 12.5. The van der Waals surface area contributed by atoms with Gasteiger partial charge in [0.25, 0.3) is 0 Å². The number of ether oxygens (including phenoxy) is 6. The Balaban J connectivity index is 1.59. The van der Waals surface area contributed by atoms with Gasteiger partial charge in [-0.2, -0.15) is 10.5 Å². The van der Waals surface area contributed by atoms with Crippen molar-refractivity contribution in [1.29, 1.82) is 10.5 Å². The second kappa shape index (κ2) is 27.3.